The van der Waals surface area contributed by atoms with Gasteiger partial charge in [-0.05, 0) is 31.2 Å². The molecule has 0 fully saturated rings. The predicted molar refractivity (Wildman–Crippen MR) is 95.7 cm³/mol. The number of benzene rings is 1. The van der Waals surface area contributed by atoms with Crippen molar-refractivity contribution in [3.05, 3.63) is 77.8 Å². The highest BCUT2D eigenvalue weighted by molar-refractivity contribution is 6.13. The summed E-state index contributed by atoms with van der Waals surface area (Å²) in [5, 5.41) is 11.1. The van der Waals surface area contributed by atoms with Crippen molar-refractivity contribution in [1.82, 2.24) is 20.3 Å². The van der Waals surface area contributed by atoms with E-state index in [0.717, 1.165) is 17.0 Å². The van der Waals surface area contributed by atoms with E-state index in [0.29, 0.717) is 5.71 Å². The number of nitrogens with zero attached hydrogens (tertiary/aromatic N) is 4. The van der Waals surface area contributed by atoms with E-state index in [-0.39, 0.29) is 17.5 Å². The maximum absolute atomic E-state index is 12.4. The lowest BCUT2D eigenvalue weighted by Gasteiger charge is -2.25. The molecular weight excluding hydrogens is 330 g/mol. The molecule has 1 aromatic carbocycles. The summed E-state index contributed by atoms with van der Waals surface area (Å²) >= 11 is 0. The summed E-state index contributed by atoms with van der Waals surface area (Å²) in [6, 6.07) is 9.31. The van der Waals surface area contributed by atoms with Crippen LogP contribution in [-0.4, -0.2) is 32.5 Å². The molecule has 2 heterocycles. The van der Waals surface area contributed by atoms with Gasteiger partial charge in [-0.15, -0.1) is 5.10 Å². The number of rotatable bonds is 2. The molecule has 1 unspecified atom stereocenters. The van der Waals surface area contributed by atoms with Gasteiger partial charge in [0.25, 0.3) is 5.91 Å². The number of amides is 2. The van der Waals surface area contributed by atoms with E-state index >= 15 is 0 Å². The highest BCUT2D eigenvalue weighted by Gasteiger charge is 2.24. The first-order valence-corrected chi connectivity index (χ1v) is 8.10. The Kier molecular flexibility index (Phi) is 3.89. The molecule has 7 heteroatoms. The normalized spacial score (nSPS) is 20.3. The molecule has 4 rings (SSSR count). The summed E-state index contributed by atoms with van der Waals surface area (Å²) in [5.41, 5.74) is 3.04. The van der Waals surface area contributed by atoms with Gasteiger partial charge < -0.3 is 5.32 Å². The lowest BCUT2D eigenvalue weighted by Crippen LogP contribution is -2.32. The van der Waals surface area contributed by atoms with Crippen molar-refractivity contribution < 1.29 is 9.59 Å². The monoisotopic (exact) mass is 345 g/mol. The van der Waals surface area contributed by atoms with E-state index in [9.17, 15) is 9.59 Å². The molecule has 2 aromatic rings. The summed E-state index contributed by atoms with van der Waals surface area (Å²) < 4.78 is 0. The number of carbonyl (C=O) groups excluding carboxylic acids is 2. The van der Waals surface area contributed by atoms with Crippen LogP contribution in [0, 0.1) is 5.92 Å². The smallest absolute Gasteiger partial charge is 0.299 e. The van der Waals surface area contributed by atoms with Gasteiger partial charge in [-0.1, -0.05) is 29.8 Å². The SMILES string of the molecule is CC1=CC(=O)NC2=CC(=NC(=O)c3cnn(-c4ccccc4)n3)C=CC12. The second-order valence-corrected chi connectivity index (χ2v) is 6.01. The Morgan fingerprint density at radius 3 is 2.85 bits per heavy atom. The number of carbonyl (C=O) groups is 2. The zero-order valence-electron chi connectivity index (χ0n) is 14.0. The Labute approximate surface area is 149 Å². The maximum Gasteiger partial charge on any atom is 0.299 e. The van der Waals surface area contributed by atoms with Crippen molar-refractivity contribution >= 4 is 17.5 Å². The van der Waals surface area contributed by atoms with E-state index in [2.05, 4.69) is 20.5 Å². The van der Waals surface area contributed by atoms with E-state index < -0.39 is 5.91 Å². The van der Waals surface area contributed by atoms with Gasteiger partial charge in [0.15, 0.2) is 5.69 Å². The van der Waals surface area contributed by atoms with Crippen molar-refractivity contribution in [2.45, 2.75) is 6.92 Å². The molecule has 128 valence electrons. The molecule has 1 aromatic heterocycles. The molecule has 2 amide bonds. The fourth-order valence-electron chi connectivity index (χ4n) is 2.87. The minimum absolute atomic E-state index is 0.0145. The molecule has 1 atom stereocenters. The van der Waals surface area contributed by atoms with Crippen LogP contribution in [0.2, 0.25) is 0 Å². The lowest BCUT2D eigenvalue weighted by molar-refractivity contribution is -0.116. The van der Waals surface area contributed by atoms with Crippen LogP contribution in [0.25, 0.3) is 5.69 Å². The van der Waals surface area contributed by atoms with Crippen molar-refractivity contribution in [3.8, 4) is 5.69 Å². The third kappa shape index (κ3) is 3.02. The minimum Gasteiger partial charge on any atom is -0.325 e. The third-order valence-electron chi connectivity index (χ3n) is 4.14. The van der Waals surface area contributed by atoms with Crippen molar-refractivity contribution in [2.75, 3.05) is 0 Å². The molecule has 0 saturated carbocycles. The molecule has 2 aliphatic rings. The van der Waals surface area contributed by atoms with E-state index in [1.54, 1.807) is 18.2 Å². The Balaban J connectivity index is 1.57. The van der Waals surface area contributed by atoms with Gasteiger partial charge in [-0.25, -0.2) is 4.99 Å². The van der Waals surface area contributed by atoms with Crippen LogP contribution in [0.5, 0.6) is 0 Å². The van der Waals surface area contributed by atoms with Crippen molar-refractivity contribution in [1.29, 1.82) is 0 Å². The van der Waals surface area contributed by atoms with Crippen molar-refractivity contribution in [2.24, 2.45) is 10.9 Å². The van der Waals surface area contributed by atoms with Crippen LogP contribution < -0.4 is 5.32 Å². The largest absolute Gasteiger partial charge is 0.325 e. The molecule has 0 spiro atoms. The number of nitrogens with one attached hydrogen (secondary N) is 1. The number of hydrogen-bond donors (Lipinski definition) is 1. The molecule has 1 aliphatic carbocycles. The second kappa shape index (κ2) is 6.36. The number of allylic oxidation sites excluding steroid dienone is 3. The maximum atomic E-state index is 12.4. The fourth-order valence-corrected chi connectivity index (χ4v) is 2.87. The third-order valence-corrected chi connectivity index (χ3v) is 4.14. The highest BCUT2D eigenvalue weighted by Crippen LogP contribution is 2.26. The molecule has 0 saturated heterocycles. The van der Waals surface area contributed by atoms with Crippen LogP contribution in [0.4, 0.5) is 0 Å². The fraction of sp³-hybridized carbons (Fsp3) is 0.105. The predicted octanol–water partition coefficient (Wildman–Crippen LogP) is 1.99. The Morgan fingerprint density at radius 1 is 1.23 bits per heavy atom. The summed E-state index contributed by atoms with van der Waals surface area (Å²) in [6.07, 6.45) is 8.34. The standard InChI is InChI=1S/C19H15N5O2/c1-12-9-18(25)22-16-10-13(7-8-15(12)16)21-19(26)17-11-20-24(23-17)14-5-3-2-4-6-14/h2-11,15H,1H3,(H,22,25). The average Bonchev–Trinajstić information content (AvgIpc) is 3.12. The van der Waals surface area contributed by atoms with Gasteiger partial charge in [-0.2, -0.15) is 9.90 Å². The number of para-hydroxylation sites is 1. The van der Waals surface area contributed by atoms with Gasteiger partial charge in [0.2, 0.25) is 5.91 Å². The zero-order valence-corrected chi connectivity index (χ0v) is 14.0. The van der Waals surface area contributed by atoms with Crippen LogP contribution in [-0.2, 0) is 4.79 Å². The summed E-state index contributed by atoms with van der Waals surface area (Å²) in [7, 11) is 0. The van der Waals surface area contributed by atoms with E-state index in [1.165, 1.54) is 11.0 Å². The van der Waals surface area contributed by atoms with Gasteiger partial charge >= 0.3 is 0 Å². The number of aliphatic imine (C=N–C) groups is 1. The average molecular weight is 345 g/mol. The quantitative estimate of drug-likeness (QED) is 0.901. The molecule has 0 bridgehead atoms. The summed E-state index contributed by atoms with van der Waals surface area (Å²) in [4.78, 5) is 29.5. The van der Waals surface area contributed by atoms with Crippen LogP contribution in [0.1, 0.15) is 17.4 Å². The molecule has 0 radical (unpaired) electrons. The molecule has 26 heavy (non-hydrogen) atoms. The van der Waals surface area contributed by atoms with Gasteiger partial charge in [0.05, 0.1) is 17.6 Å². The first kappa shape index (κ1) is 15.9. The number of fused-ring (bicyclic) bond motifs is 1. The topological polar surface area (TPSA) is 89.2 Å². The first-order chi connectivity index (χ1) is 12.6. The Morgan fingerprint density at radius 2 is 2.04 bits per heavy atom. The molecule has 1 aliphatic heterocycles. The number of aromatic nitrogens is 3. The lowest BCUT2D eigenvalue weighted by atomic mass is 9.89. The molecule has 7 nitrogen and oxygen atoms in total. The summed E-state index contributed by atoms with van der Waals surface area (Å²) in [5.74, 6) is -0.644. The molecular formula is C19H15N5O2. The van der Waals surface area contributed by atoms with E-state index in [1.807, 2.05) is 43.3 Å². The van der Waals surface area contributed by atoms with Crippen molar-refractivity contribution in [3.63, 3.8) is 0 Å². The first-order valence-electron chi connectivity index (χ1n) is 8.10. The Bertz CT molecular complexity index is 1010. The van der Waals surface area contributed by atoms with Gasteiger partial charge in [-0.3, -0.25) is 9.59 Å². The minimum atomic E-state index is -0.489. The van der Waals surface area contributed by atoms with Crippen LogP contribution in [0.3, 0.4) is 0 Å². The highest BCUT2D eigenvalue weighted by atomic mass is 16.2. The zero-order chi connectivity index (χ0) is 18.1. The Hall–Kier alpha value is -3.61. The van der Waals surface area contributed by atoms with Crippen LogP contribution >= 0.6 is 0 Å². The molecule has 1 N–H and O–H groups in total. The number of hydrogen-bond acceptors (Lipinski definition) is 4. The van der Waals surface area contributed by atoms with Crippen LogP contribution in [0.15, 0.2) is 77.1 Å². The second-order valence-electron chi connectivity index (χ2n) is 6.01. The van der Waals surface area contributed by atoms with E-state index in [4.69, 9.17) is 0 Å². The summed E-state index contributed by atoms with van der Waals surface area (Å²) in [6.45, 7) is 1.90. The van der Waals surface area contributed by atoms with Gasteiger partial charge in [0, 0.05) is 17.7 Å². The van der Waals surface area contributed by atoms with Gasteiger partial charge in [0.1, 0.15) is 0 Å².